The van der Waals surface area contributed by atoms with Crippen LogP contribution in [0.5, 0.6) is 0 Å². The summed E-state index contributed by atoms with van der Waals surface area (Å²) in [5, 5.41) is 5.44. The maximum Gasteiger partial charge on any atom is 0.139 e. The molecule has 0 radical (unpaired) electrons. The van der Waals surface area contributed by atoms with Gasteiger partial charge >= 0.3 is 0 Å². The smallest absolute Gasteiger partial charge is 0.139 e. The zero-order valence-corrected chi connectivity index (χ0v) is 9.87. The average molecular weight is 242 g/mol. The molecule has 0 aromatic carbocycles. The van der Waals surface area contributed by atoms with E-state index < -0.39 is 0 Å². The molecule has 3 heterocycles. The Morgan fingerprint density at radius 3 is 3.24 bits per heavy atom. The van der Waals surface area contributed by atoms with Gasteiger partial charge in [0, 0.05) is 24.3 Å². The Labute approximate surface area is 102 Å². The fourth-order valence-corrected chi connectivity index (χ4v) is 2.77. The van der Waals surface area contributed by atoms with Crippen LogP contribution in [-0.4, -0.2) is 21.5 Å². The molecular weight excluding hydrogens is 232 g/mol. The van der Waals surface area contributed by atoms with Crippen molar-refractivity contribution in [3.05, 3.63) is 37.4 Å². The highest BCUT2D eigenvalue weighted by atomic mass is 32.1. The Hall–Kier alpha value is -2.01. The number of thiophene rings is 1. The van der Waals surface area contributed by atoms with Crippen LogP contribution in [0.2, 0.25) is 0 Å². The highest BCUT2D eigenvalue weighted by molar-refractivity contribution is 7.25. The summed E-state index contributed by atoms with van der Waals surface area (Å²) in [5.74, 6) is 0.854. The third-order valence-corrected chi connectivity index (χ3v) is 3.53. The van der Waals surface area contributed by atoms with Crippen LogP contribution in [0.3, 0.4) is 0 Å². The summed E-state index contributed by atoms with van der Waals surface area (Å²) < 4.78 is 1.13. The Kier molecular flexibility index (Phi) is 2.45. The molecule has 3 rings (SSSR count). The Morgan fingerprint density at radius 1 is 1.41 bits per heavy atom. The predicted octanol–water partition coefficient (Wildman–Crippen LogP) is 2.84. The van der Waals surface area contributed by atoms with Crippen molar-refractivity contribution in [2.45, 2.75) is 0 Å². The van der Waals surface area contributed by atoms with Crippen LogP contribution in [0.1, 0.15) is 0 Å². The third-order valence-electron chi connectivity index (χ3n) is 2.49. The minimum absolute atomic E-state index is 0.689. The molecule has 0 amide bonds. The molecule has 0 unspecified atom stereocenters. The Bertz CT molecular complexity index is 689. The Balaban J connectivity index is 2.31. The van der Waals surface area contributed by atoms with Gasteiger partial charge in [0.05, 0.1) is 10.1 Å². The van der Waals surface area contributed by atoms with Crippen molar-refractivity contribution in [2.24, 2.45) is 0 Å². The lowest BCUT2D eigenvalue weighted by Crippen LogP contribution is -2.00. The van der Waals surface area contributed by atoms with Crippen LogP contribution in [0.15, 0.2) is 37.4 Å². The lowest BCUT2D eigenvalue weighted by molar-refractivity contribution is 1.19. The van der Waals surface area contributed by atoms with Crippen LogP contribution in [-0.2, 0) is 0 Å². The zero-order valence-electron chi connectivity index (χ0n) is 9.05. The van der Waals surface area contributed by atoms with Crippen LogP contribution in [0.25, 0.3) is 20.3 Å². The minimum Gasteiger partial charge on any atom is -0.366 e. The van der Waals surface area contributed by atoms with Gasteiger partial charge in [-0.05, 0) is 6.07 Å². The third kappa shape index (κ3) is 1.64. The second-order valence-corrected chi connectivity index (χ2v) is 4.58. The van der Waals surface area contributed by atoms with Crippen molar-refractivity contribution in [1.29, 1.82) is 0 Å². The number of pyridine rings is 1. The second kappa shape index (κ2) is 4.10. The highest BCUT2D eigenvalue weighted by Gasteiger charge is 2.10. The maximum absolute atomic E-state index is 4.30. The van der Waals surface area contributed by atoms with E-state index in [9.17, 15) is 0 Å². The molecule has 1 N–H and O–H groups in total. The van der Waals surface area contributed by atoms with E-state index in [1.807, 2.05) is 18.3 Å². The number of nitrogens with one attached hydrogen (secondary N) is 1. The standard InChI is InChI=1S/C12H10N4S/c1-2-4-14-11-10-8-3-5-13-6-9(8)17-12(10)16-7-15-11/h2-3,5-7H,1,4H2,(H,14,15,16). The molecule has 84 valence electrons. The molecule has 0 bridgehead atoms. The average Bonchev–Trinajstić information content (AvgIpc) is 2.75. The van der Waals surface area contributed by atoms with Crippen molar-refractivity contribution < 1.29 is 0 Å². The van der Waals surface area contributed by atoms with E-state index >= 15 is 0 Å². The van der Waals surface area contributed by atoms with Gasteiger partial charge in [-0.15, -0.1) is 17.9 Å². The van der Waals surface area contributed by atoms with Gasteiger partial charge in [0.15, 0.2) is 0 Å². The molecular formula is C12H10N4S. The summed E-state index contributed by atoms with van der Waals surface area (Å²) in [5.41, 5.74) is 0. The number of nitrogens with zero attached hydrogens (tertiary/aromatic N) is 3. The molecule has 0 saturated carbocycles. The first kappa shape index (κ1) is 10.2. The first-order valence-corrected chi connectivity index (χ1v) is 6.04. The van der Waals surface area contributed by atoms with E-state index in [1.165, 1.54) is 0 Å². The summed E-state index contributed by atoms with van der Waals surface area (Å²) in [7, 11) is 0. The largest absolute Gasteiger partial charge is 0.366 e. The zero-order chi connectivity index (χ0) is 11.7. The van der Waals surface area contributed by atoms with Crippen molar-refractivity contribution >= 4 is 37.5 Å². The molecule has 17 heavy (non-hydrogen) atoms. The molecule has 0 fully saturated rings. The van der Waals surface area contributed by atoms with Gasteiger partial charge in [-0.25, -0.2) is 9.97 Å². The van der Waals surface area contributed by atoms with Crippen molar-refractivity contribution in [3.8, 4) is 0 Å². The lowest BCUT2D eigenvalue weighted by Gasteiger charge is -2.03. The summed E-state index contributed by atoms with van der Waals surface area (Å²) >= 11 is 1.63. The minimum atomic E-state index is 0.689. The molecule has 0 aliphatic carbocycles. The van der Waals surface area contributed by atoms with Crippen LogP contribution >= 0.6 is 11.3 Å². The van der Waals surface area contributed by atoms with Gasteiger partial charge in [0.2, 0.25) is 0 Å². The normalized spacial score (nSPS) is 10.8. The first-order valence-electron chi connectivity index (χ1n) is 5.22. The number of aromatic nitrogens is 3. The van der Waals surface area contributed by atoms with E-state index in [-0.39, 0.29) is 0 Å². The topological polar surface area (TPSA) is 50.7 Å². The maximum atomic E-state index is 4.30. The SMILES string of the molecule is C=CCNc1ncnc2sc3cnccc3c12. The van der Waals surface area contributed by atoms with Crippen molar-refractivity contribution in [1.82, 2.24) is 15.0 Å². The van der Waals surface area contributed by atoms with Crippen molar-refractivity contribution in [2.75, 3.05) is 11.9 Å². The fraction of sp³-hybridized carbons (Fsp3) is 0.0833. The number of hydrogen-bond acceptors (Lipinski definition) is 5. The molecule has 3 aromatic rings. The number of rotatable bonds is 3. The monoisotopic (exact) mass is 242 g/mol. The van der Waals surface area contributed by atoms with Crippen molar-refractivity contribution in [3.63, 3.8) is 0 Å². The van der Waals surface area contributed by atoms with E-state index in [1.54, 1.807) is 23.9 Å². The summed E-state index contributed by atoms with van der Waals surface area (Å²) in [6, 6.07) is 2.00. The number of anilines is 1. The molecule has 4 nitrogen and oxygen atoms in total. The van der Waals surface area contributed by atoms with E-state index in [4.69, 9.17) is 0 Å². The molecule has 0 saturated heterocycles. The molecule has 0 aliphatic rings. The quantitative estimate of drug-likeness (QED) is 0.717. The van der Waals surface area contributed by atoms with Gasteiger partial charge in [-0.2, -0.15) is 0 Å². The highest BCUT2D eigenvalue weighted by Crippen LogP contribution is 2.34. The molecule has 0 spiro atoms. The molecule has 0 atom stereocenters. The van der Waals surface area contributed by atoms with E-state index in [0.29, 0.717) is 6.54 Å². The number of fused-ring (bicyclic) bond motifs is 3. The molecule has 0 aliphatic heterocycles. The fourth-order valence-electron chi connectivity index (χ4n) is 1.76. The van der Waals surface area contributed by atoms with E-state index in [0.717, 1.165) is 26.1 Å². The first-order chi connectivity index (χ1) is 8.40. The van der Waals surface area contributed by atoms with Crippen LogP contribution < -0.4 is 5.32 Å². The molecule has 5 heteroatoms. The molecule has 3 aromatic heterocycles. The van der Waals surface area contributed by atoms with E-state index in [2.05, 4.69) is 26.8 Å². The Morgan fingerprint density at radius 2 is 2.35 bits per heavy atom. The second-order valence-electron chi connectivity index (χ2n) is 3.55. The summed E-state index contributed by atoms with van der Waals surface area (Å²) in [6.45, 7) is 4.38. The van der Waals surface area contributed by atoms with Gasteiger partial charge in [0.25, 0.3) is 0 Å². The van der Waals surface area contributed by atoms with Gasteiger partial charge in [0.1, 0.15) is 17.0 Å². The van der Waals surface area contributed by atoms with Gasteiger partial charge in [-0.1, -0.05) is 6.08 Å². The summed E-state index contributed by atoms with van der Waals surface area (Å²) in [4.78, 5) is 13.7. The summed E-state index contributed by atoms with van der Waals surface area (Å²) in [6.07, 6.45) is 7.04. The van der Waals surface area contributed by atoms with Crippen LogP contribution in [0, 0.1) is 0 Å². The van der Waals surface area contributed by atoms with Gasteiger partial charge in [-0.3, -0.25) is 4.98 Å². The van der Waals surface area contributed by atoms with Crippen LogP contribution in [0.4, 0.5) is 5.82 Å². The number of hydrogen-bond donors (Lipinski definition) is 1. The lowest BCUT2D eigenvalue weighted by atomic mass is 10.2. The predicted molar refractivity (Wildman–Crippen MR) is 71.4 cm³/mol. The van der Waals surface area contributed by atoms with Gasteiger partial charge < -0.3 is 5.32 Å².